The van der Waals surface area contributed by atoms with E-state index >= 15 is 0 Å². The van der Waals surface area contributed by atoms with Gasteiger partial charge in [0.1, 0.15) is 0 Å². The first-order chi connectivity index (χ1) is 13.9. The molecule has 0 bridgehead atoms. The van der Waals surface area contributed by atoms with Crippen LogP contribution in [-0.4, -0.2) is 23.1 Å². The van der Waals surface area contributed by atoms with E-state index in [-0.39, 0.29) is 17.3 Å². The first-order valence-corrected chi connectivity index (χ1v) is 10.2. The lowest BCUT2D eigenvalue weighted by atomic mass is 10.1. The first-order valence-electron chi connectivity index (χ1n) is 10.2. The molecule has 29 heavy (non-hydrogen) atoms. The van der Waals surface area contributed by atoms with Crippen LogP contribution in [-0.2, 0) is 20.0 Å². The average molecular weight is 393 g/mol. The minimum atomic E-state index is -0.317. The molecule has 0 N–H and O–H groups in total. The molecule has 3 heterocycles. The van der Waals surface area contributed by atoms with Crippen LogP contribution in [0.4, 0.5) is 0 Å². The normalized spacial score (nSPS) is 12.8. The van der Waals surface area contributed by atoms with Crippen molar-refractivity contribution in [1.82, 2.24) is 23.1 Å². The number of benzene rings is 1. The Labute approximate surface area is 168 Å². The molecule has 152 valence electrons. The molecule has 0 spiro atoms. The maximum atomic E-state index is 13.3. The smallest absolute Gasteiger partial charge is 0.311 e. The average Bonchev–Trinajstić information content (AvgIpc) is 3.23. The minimum absolute atomic E-state index is 0.259. The van der Waals surface area contributed by atoms with E-state index in [1.807, 2.05) is 35.7 Å². The quantitative estimate of drug-likeness (QED) is 0.506. The third-order valence-electron chi connectivity index (χ3n) is 5.79. The van der Waals surface area contributed by atoms with Crippen molar-refractivity contribution < 1.29 is 0 Å². The van der Waals surface area contributed by atoms with E-state index in [0.717, 1.165) is 25.0 Å². The summed E-state index contributed by atoms with van der Waals surface area (Å²) in [6.45, 7) is 6.66. The molecule has 7 heteroatoms. The van der Waals surface area contributed by atoms with Gasteiger partial charge in [-0.2, -0.15) is 4.98 Å². The third-order valence-corrected chi connectivity index (χ3v) is 5.79. The zero-order valence-corrected chi connectivity index (χ0v) is 17.4. The fourth-order valence-corrected chi connectivity index (χ4v) is 4.04. The molecule has 0 aliphatic carbocycles. The van der Waals surface area contributed by atoms with Gasteiger partial charge in [-0.3, -0.25) is 18.3 Å². The number of fused-ring (bicyclic) bond motifs is 3. The van der Waals surface area contributed by atoms with Crippen LogP contribution in [0.2, 0.25) is 0 Å². The fourth-order valence-electron chi connectivity index (χ4n) is 4.04. The Balaban J connectivity index is 1.81. The van der Waals surface area contributed by atoms with Crippen molar-refractivity contribution in [2.24, 2.45) is 7.05 Å². The summed E-state index contributed by atoms with van der Waals surface area (Å²) in [6, 6.07) is 10.4. The van der Waals surface area contributed by atoms with Gasteiger partial charge in [-0.05, 0) is 38.7 Å². The van der Waals surface area contributed by atoms with Crippen molar-refractivity contribution in [3.8, 4) is 0 Å². The highest BCUT2D eigenvalue weighted by atomic mass is 16.2. The Morgan fingerprint density at radius 3 is 2.55 bits per heavy atom. The van der Waals surface area contributed by atoms with Crippen LogP contribution in [0, 0.1) is 6.92 Å². The number of imidazole rings is 2. The lowest BCUT2D eigenvalue weighted by Crippen LogP contribution is -2.39. The molecule has 0 saturated heterocycles. The molecule has 4 aromatic rings. The molecule has 0 aliphatic heterocycles. The van der Waals surface area contributed by atoms with Crippen molar-refractivity contribution in [3.63, 3.8) is 0 Å². The zero-order chi connectivity index (χ0) is 20.7. The number of rotatable bonds is 6. The molecule has 3 aromatic heterocycles. The molecule has 0 aliphatic rings. The second kappa shape index (κ2) is 7.39. The Hall–Kier alpha value is -3.09. The Morgan fingerprint density at radius 2 is 1.86 bits per heavy atom. The van der Waals surface area contributed by atoms with Crippen LogP contribution >= 0.6 is 0 Å². The van der Waals surface area contributed by atoms with E-state index in [1.165, 1.54) is 14.7 Å². The predicted molar refractivity (Wildman–Crippen MR) is 115 cm³/mol. The van der Waals surface area contributed by atoms with Gasteiger partial charge in [0, 0.05) is 31.5 Å². The second-order valence-corrected chi connectivity index (χ2v) is 7.74. The van der Waals surface area contributed by atoms with E-state index in [1.54, 1.807) is 7.05 Å². The third kappa shape index (κ3) is 3.10. The molecule has 0 fully saturated rings. The molecule has 1 unspecified atom stereocenters. The van der Waals surface area contributed by atoms with Crippen LogP contribution in [0.3, 0.4) is 0 Å². The van der Waals surface area contributed by atoms with Gasteiger partial charge in [0.25, 0.3) is 5.56 Å². The molecule has 1 aromatic carbocycles. The molecule has 1 atom stereocenters. The number of hydrogen-bond acceptors (Lipinski definition) is 3. The summed E-state index contributed by atoms with van der Waals surface area (Å²) in [7, 11) is 1.69. The van der Waals surface area contributed by atoms with Gasteiger partial charge < -0.3 is 4.57 Å². The zero-order valence-electron chi connectivity index (χ0n) is 17.4. The van der Waals surface area contributed by atoms with Gasteiger partial charge in [-0.15, -0.1) is 0 Å². The molecule has 0 saturated carbocycles. The second-order valence-electron chi connectivity index (χ2n) is 7.74. The van der Waals surface area contributed by atoms with E-state index in [0.29, 0.717) is 23.5 Å². The van der Waals surface area contributed by atoms with Crippen LogP contribution in [0.15, 0.2) is 46.1 Å². The van der Waals surface area contributed by atoms with Crippen LogP contribution in [0.5, 0.6) is 0 Å². The topological polar surface area (TPSA) is 66.2 Å². The largest absolute Gasteiger partial charge is 0.332 e. The Morgan fingerprint density at radius 1 is 1.14 bits per heavy atom. The summed E-state index contributed by atoms with van der Waals surface area (Å²) in [5.41, 5.74) is 2.56. The highest BCUT2D eigenvalue weighted by Gasteiger charge is 2.21. The fraction of sp³-hybridized carbons (Fsp3) is 0.409. The van der Waals surface area contributed by atoms with Gasteiger partial charge >= 0.3 is 5.69 Å². The maximum absolute atomic E-state index is 13.3. The van der Waals surface area contributed by atoms with Crippen molar-refractivity contribution in [3.05, 3.63) is 68.6 Å². The van der Waals surface area contributed by atoms with Crippen LogP contribution in [0.25, 0.3) is 16.9 Å². The van der Waals surface area contributed by atoms with Gasteiger partial charge in [-0.25, -0.2) is 4.79 Å². The molecule has 7 nitrogen and oxygen atoms in total. The summed E-state index contributed by atoms with van der Waals surface area (Å²) < 4.78 is 6.80. The molecular weight excluding hydrogens is 366 g/mol. The summed E-state index contributed by atoms with van der Waals surface area (Å²) in [5.74, 6) is 0.709. The standard InChI is InChI=1S/C22H27N5O2/c1-5-15(2)27-16(3)14-26-18-19(23-21(26)27)24(4)22(29)25(20(18)28)13-9-12-17-10-7-6-8-11-17/h6-8,10-11,14-15H,5,9,12-13H2,1-4H3. The van der Waals surface area contributed by atoms with Crippen LogP contribution < -0.4 is 11.2 Å². The SMILES string of the molecule is CCC(C)n1c(C)cn2c3c(=O)n(CCCc4ccccc4)c(=O)n(C)c3nc12. The lowest BCUT2D eigenvalue weighted by molar-refractivity contribution is 0.532. The molecule has 0 amide bonds. The highest BCUT2D eigenvalue weighted by molar-refractivity contribution is 5.75. The molecule has 0 radical (unpaired) electrons. The Bertz CT molecular complexity index is 1290. The van der Waals surface area contributed by atoms with E-state index < -0.39 is 0 Å². The van der Waals surface area contributed by atoms with Gasteiger partial charge in [-0.1, -0.05) is 37.3 Å². The minimum Gasteiger partial charge on any atom is -0.311 e. The van der Waals surface area contributed by atoms with Crippen molar-refractivity contribution in [2.45, 2.75) is 52.6 Å². The number of nitrogens with zero attached hydrogens (tertiary/aromatic N) is 5. The van der Waals surface area contributed by atoms with Crippen molar-refractivity contribution >= 4 is 16.9 Å². The van der Waals surface area contributed by atoms with E-state index in [9.17, 15) is 9.59 Å². The summed E-state index contributed by atoms with van der Waals surface area (Å²) in [6.07, 6.45) is 4.44. The maximum Gasteiger partial charge on any atom is 0.332 e. The van der Waals surface area contributed by atoms with Crippen molar-refractivity contribution in [2.75, 3.05) is 0 Å². The number of hydrogen-bond donors (Lipinski definition) is 0. The van der Waals surface area contributed by atoms with Gasteiger partial charge in [0.2, 0.25) is 5.78 Å². The lowest BCUT2D eigenvalue weighted by Gasteiger charge is -2.12. The van der Waals surface area contributed by atoms with E-state index in [4.69, 9.17) is 0 Å². The van der Waals surface area contributed by atoms with E-state index in [2.05, 4.69) is 35.5 Å². The van der Waals surface area contributed by atoms with Crippen molar-refractivity contribution in [1.29, 1.82) is 0 Å². The monoisotopic (exact) mass is 393 g/mol. The Kier molecular flexibility index (Phi) is 4.90. The number of aromatic nitrogens is 5. The van der Waals surface area contributed by atoms with Gasteiger partial charge in [0.05, 0.1) is 0 Å². The summed E-state index contributed by atoms with van der Waals surface area (Å²) >= 11 is 0. The summed E-state index contributed by atoms with van der Waals surface area (Å²) in [4.78, 5) is 30.8. The first kappa shape index (κ1) is 19.2. The molecule has 4 rings (SSSR count). The van der Waals surface area contributed by atoms with Gasteiger partial charge in [0.15, 0.2) is 11.2 Å². The highest BCUT2D eigenvalue weighted by Crippen LogP contribution is 2.22. The van der Waals surface area contributed by atoms with Crippen LogP contribution in [0.1, 0.15) is 44.0 Å². The number of aryl methyl sites for hydroxylation is 3. The summed E-state index contributed by atoms with van der Waals surface area (Å²) in [5, 5.41) is 0. The molecular formula is C22H27N5O2. The predicted octanol–water partition coefficient (Wildman–Crippen LogP) is 3.06.